The van der Waals surface area contributed by atoms with Gasteiger partial charge < -0.3 is 20.1 Å². The number of carbonyl (C=O) groups is 2. The van der Waals surface area contributed by atoms with Crippen molar-refractivity contribution in [1.82, 2.24) is 15.2 Å². The largest absolute Gasteiger partial charge is 0.486 e. The Morgan fingerprint density at radius 3 is 2.60 bits per heavy atom. The normalized spacial score (nSPS) is 16.9. The molecule has 8 nitrogen and oxygen atoms in total. The van der Waals surface area contributed by atoms with Crippen molar-refractivity contribution >= 4 is 40.4 Å². The van der Waals surface area contributed by atoms with Crippen LogP contribution in [0.4, 0.5) is 5.69 Å². The zero-order valence-corrected chi connectivity index (χ0v) is 18.1. The zero-order chi connectivity index (χ0) is 21.1. The molecule has 4 rings (SSSR count). The molecule has 1 fully saturated rings. The third-order valence-corrected chi connectivity index (χ3v) is 6.39. The Balaban J connectivity index is 1.26. The van der Waals surface area contributed by atoms with E-state index in [4.69, 9.17) is 21.1 Å². The molecule has 1 aromatic heterocycles. The van der Waals surface area contributed by atoms with Crippen LogP contribution in [0.2, 0.25) is 5.02 Å². The summed E-state index contributed by atoms with van der Waals surface area (Å²) >= 11 is 7.61. The minimum atomic E-state index is -0.142. The molecule has 1 saturated heterocycles. The fourth-order valence-electron chi connectivity index (χ4n) is 3.56. The van der Waals surface area contributed by atoms with Crippen LogP contribution in [-0.4, -0.2) is 60.6 Å². The third-order valence-electron chi connectivity index (χ3n) is 5.15. The Bertz CT molecular complexity index is 943. The second-order valence-corrected chi connectivity index (χ2v) is 8.58. The van der Waals surface area contributed by atoms with Crippen molar-refractivity contribution < 1.29 is 19.1 Å². The molecule has 0 atom stereocenters. The Kier molecular flexibility index (Phi) is 6.40. The quantitative estimate of drug-likeness (QED) is 0.727. The van der Waals surface area contributed by atoms with E-state index in [1.807, 2.05) is 6.92 Å². The molecule has 0 aliphatic carbocycles. The van der Waals surface area contributed by atoms with Crippen LogP contribution in [0.5, 0.6) is 11.5 Å². The summed E-state index contributed by atoms with van der Waals surface area (Å²) in [5.74, 6) is 0.950. The summed E-state index contributed by atoms with van der Waals surface area (Å²) in [6, 6.07) is 3.45. The van der Waals surface area contributed by atoms with E-state index in [0.29, 0.717) is 40.3 Å². The highest BCUT2D eigenvalue weighted by molar-refractivity contribution is 7.11. The number of benzene rings is 1. The monoisotopic (exact) mass is 450 g/mol. The average molecular weight is 451 g/mol. The molecule has 2 aromatic rings. The number of hydrogen-bond donors (Lipinski definition) is 2. The van der Waals surface area contributed by atoms with Crippen LogP contribution in [0.3, 0.4) is 0 Å². The second kappa shape index (κ2) is 9.20. The predicted octanol–water partition coefficient (Wildman–Crippen LogP) is 2.71. The maximum Gasteiger partial charge on any atom is 0.263 e. The number of thiazole rings is 1. The van der Waals surface area contributed by atoms with Crippen molar-refractivity contribution in [2.45, 2.75) is 25.8 Å². The number of likely N-dealkylation sites (tertiary alicyclic amines) is 1. The summed E-state index contributed by atoms with van der Waals surface area (Å²) < 4.78 is 11.0. The molecular weight excluding hydrogens is 428 g/mol. The smallest absolute Gasteiger partial charge is 0.263 e. The fourth-order valence-corrected chi connectivity index (χ4v) is 4.47. The number of amides is 2. The van der Waals surface area contributed by atoms with Gasteiger partial charge >= 0.3 is 0 Å². The number of ether oxygens (including phenoxy) is 2. The molecule has 0 spiro atoms. The molecule has 2 aliphatic heterocycles. The highest BCUT2D eigenvalue weighted by atomic mass is 35.5. The molecule has 160 valence electrons. The van der Waals surface area contributed by atoms with Crippen LogP contribution >= 0.6 is 22.9 Å². The van der Waals surface area contributed by atoms with Gasteiger partial charge in [-0.2, -0.15) is 0 Å². The van der Waals surface area contributed by atoms with E-state index in [0.717, 1.165) is 31.6 Å². The molecule has 2 amide bonds. The van der Waals surface area contributed by atoms with E-state index in [-0.39, 0.29) is 24.4 Å². The minimum absolute atomic E-state index is 0.0700. The molecule has 0 radical (unpaired) electrons. The van der Waals surface area contributed by atoms with Gasteiger partial charge in [0.05, 0.1) is 28.5 Å². The van der Waals surface area contributed by atoms with Gasteiger partial charge in [0.15, 0.2) is 11.5 Å². The standard InChI is InChI=1S/C20H23ClN4O4S/c1-12-19(30-11-22-12)20(27)23-13-2-4-25(5-3-13)10-18(26)24-15-9-17-16(8-14(15)21)28-6-7-29-17/h8-9,11,13H,2-7,10H2,1H3,(H,23,27)(H,24,26). The topological polar surface area (TPSA) is 92.8 Å². The summed E-state index contributed by atoms with van der Waals surface area (Å²) in [4.78, 5) is 31.7. The van der Waals surface area contributed by atoms with Crippen LogP contribution in [0.1, 0.15) is 28.2 Å². The lowest BCUT2D eigenvalue weighted by Gasteiger charge is -2.31. The van der Waals surface area contributed by atoms with E-state index in [1.54, 1.807) is 17.6 Å². The van der Waals surface area contributed by atoms with Crippen molar-refractivity contribution in [3.8, 4) is 11.5 Å². The highest BCUT2D eigenvalue weighted by Crippen LogP contribution is 2.37. The first-order valence-corrected chi connectivity index (χ1v) is 11.1. The maximum absolute atomic E-state index is 12.5. The van der Waals surface area contributed by atoms with E-state index < -0.39 is 0 Å². The van der Waals surface area contributed by atoms with Gasteiger partial charge in [-0.3, -0.25) is 14.5 Å². The molecule has 2 aliphatic rings. The van der Waals surface area contributed by atoms with Crippen molar-refractivity contribution in [2.75, 3.05) is 38.2 Å². The Hall–Kier alpha value is -2.36. The van der Waals surface area contributed by atoms with Crippen molar-refractivity contribution in [3.05, 3.63) is 33.2 Å². The number of aromatic nitrogens is 1. The van der Waals surface area contributed by atoms with Gasteiger partial charge in [-0.05, 0) is 19.8 Å². The van der Waals surface area contributed by atoms with Crippen molar-refractivity contribution in [2.24, 2.45) is 0 Å². The van der Waals surface area contributed by atoms with Gasteiger partial charge in [-0.15, -0.1) is 11.3 Å². The Labute approximate surface area is 183 Å². The van der Waals surface area contributed by atoms with Gasteiger partial charge in [0.2, 0.25) is 5.91 Å². The Morgan fingerprint density at radius 2 is 1.93 bits per heavy atom. The summed E-state index contributed by atoms with van der Waals surface area (Å²) in [6.07, 6.45) is 1.59. The predicted molar refractivity (Wildman–Crippen MR) is 115 cm³/mol. The van der Waals surface area contributed by atoms with E-state index in [9.17, 15) is 9.59 Å². The molecule has 10 heteroatoms. The Morgan fingerprint density at radius 1 is 1.23 bits per heavy atom. The molecule has 0 bridgehead atoms. The average Bonchev–Trinajstić information content (AvgIpc) is 3.16. The second-order valence-electron chi connectivity index (χ2n) is 7.31. The van der Waals surface area contributed by atoms with Gasteiger partial charge in [0.1, 0.15) is 18.1 Å². The summed E-state index contributed by atoms with van der Waals surface area (Å²) in [6.45, 7) is 4.51. The number of nitrogens with zero attached hydrogens (tertiary/aromatic N) is 2. The lowest BCUT2D eigenvalue weighted by molar-refractivity contribution is -0.117. The number of halogens is 1. The van der Waals surface area contributed by atoms with E-state index in [1.165, 1.54) is 11.3 Å². The van der Waals surface area contributed by atoms with E-state index >= 15 is 0 Å². The van der Waals surface area contributed by atoms with Crippen LogP contribution in [0, 0.1) is 6.92 Å². The molecule has 0 saturated carbocycles. The molecule has 0 unspecified atom stereocenters. The SMILES string of the molecule is Cc1ncsc1C(=O)NC1CCN(CC(=O)Nc2cc3c(cc2Cl)OCCO3)CC1. The van der Waals surface area contributed by atoms with Gasteiger partial charge in [-0.25, -0.2) is 4.98 Å². The van der Waals surface area contributed by atoms with Crippen LogP contribution in [0.25, 0.3) is 0 Å². The number of anilines is 1. The lowest BCUT2D eigenvalue weighted by Crippen LogP contribution is -2.46. The number of carbonyl (C=O) groups excluding carboxylic acids is 2. The maximum atomic E-state index is 12.5. The molecule has 30 heavy (non-hydrogen) atoms. The summed E-state index contributed by atoms with van der Waals surface area (Å²) in [5, 5.41) is 6.34. The van der Waals surface area contributed by atoms with Crippen LogP contribution in [0.15, 0.2) is 17.6 Å². The number of rotatable bonds is 5. The first-order valence-electron chi connectivity index (χ1n) is 9.82. The fraction of sp³-hybridized carbons (Fsp3) is 0.450. The summed E-state index contributed by atoms with van der Waals surface area (Å²) in [5.41, 5.74) is 2.94. The molecule has 1 aromatic carbocycles. The van der Waals surface area contributed by atoms with Crippen LogP contribution in [-0.2, 0) is 4.79 Å². The number of fused-ring (bicyclic) bond motifs is 1. The molecular formula is C20H23ClN4O4S. The van der Waals surface area contributed by atoms with Crippen molar-refractivity contribution in [3.63, 3.8) is 0 Å². The zero-order valence-electron chi connectivity index (χ0n) is 16.6. The number of aryl methyl sites for hydroxylation is 1. The highest BCUT2D eigenvalue weighted by Gasteiger charge is 2.24. The number of piperidine rings is 1. The van der Waals surface area contributed by atoms with Gasteiger partial charge in [0.25, 0.3) is 5.91 Å². The van der Waals surface area contributed by atoms with Crippen molar-refractivity contribution in [1.29, 1.82) is 0 Å². The van der Waals surface area contributed by atoms with Gasteiger partial charge in [-0.1, -0.05) is 11.6 Å². The number of nitrogens with one attached hydrogen (secondary N) is 2. The van der Waals surface area contributed by atoms with Gasteiger partial charge in [0, 0.05) is 31.3 Å². The van der Waals surface area contributed by atoms with Crippen LogP contribution < -0.4 is 20.1 Å². The number of hydrogen-bond acceptors (Lipinski definition) is 7. The lowest BCUT2D eigenvalue weighted by atomic mass is 10.0. The third kappa shape index (κ3) is 4.85. The first-order chi connectivity index (χ1) is 14.5. The minimum Gasteiger partial charge on any atom is -0.486 e. The molecule has 2 N–H and O–H groups in total. The molecule has 3 heterocycles. The first kappa shape index (κ1) is 20.9. The van der Waals surface area contributed by atoms with E-state index in [2.05, 4.69) is 20.5 Å². The summed E-state index contributed by atoms with van der Waals surface area (Å²) in [7, 11) is 0.